The third kappa shape index (κ3) is 1.49. The van der Waals surface area contributed by atoms with Gasteiger partial charge in [0.25, 0.3) is 0 Å². The Morgan fingerprint density at radius 1 is 1.35 bits per heavy atom. The van der Waals surface area contributed by atoms with Gasteiger partial charge in [0.15, 0.2) is 11.5 Å². The first kappa shape index (κ1) is 10.5. The molecule has 0 saturated heterocycles. The van der Waals surface area contributed by atoms with Crippen molar-refractivity contribution in [2.45, 2.75) is 44.4 Å². The zero-order chi connectivity index (χ0) is 11.9. The standard InChI is InChI=1S/C12H17N5/c1-2-12(5-3-4-6-12)11-16-8-9(13)14-7-15-10(8)17-11/h7H,2-6H2,1H3,(H3,13,14,15,16,17). The second-order valence-electron chi connectivity index (χ2n) is 4.88. The lowest BCUT2D eigenvalue weighted by Gasteiger charge is -2.24. The van der Waals surface area contributed by atoms with Gasteiger partial charge in [-0.15, -0.1) is 0 Å². The highest BCUT2D eigenvalue weighted by atomic mass is 15.1. The van der Waals surface area contributed by atoms with E-state index in [9.17, 15) is 0 Å². The normalized spacial score (nSPS) is 18.9. The Balaban J connectivity index is 2.14. The van der Waals surface area contributed by atoms with Crippen molar-refractivity contribution in [2.75, 3.05) is 5.73 Å². The number of imidazole rings is 1. The Labute approximate surface area is 99.9 Å². The van der Waals surface area contributed by atoms with Gasteiger partial charge in [-0.1, -0.05) is 19.8 Å². The second-order valence-corrected chi connectivity index (χ2v) is 4.88. The quantitative estimate of drug-likeness (QED) is 0.829. The number of nitrogen functional groups attached to an aromatic ring is 1. The zero-order valence-corrected chi connectivity index (χ0v) is 10.0. The number of aromatic nitrogens is 4. The zero-order valence-electron chi connectivity index (χ0n) is 10.0. The van der Waals surface area contributed by atoms with E-state index < -0.39 is 0 Å². The van der Waals surface area contributed by atoms with E-state index in [-0.39, 0.29) is 5.41 Å². The average molecular weight is 231 g/mol. The van der Waals surface area contributed by atoms with Gasteiger partial charge in [-0.05, 0) is 19.3 Å². The lowest BCUT2D eigenvalue weighted by molar-refractivity contribution is 0.403. The molecule has 17 heavy (non-hydrogen) atoms. The first-order chi connectivity index (χ1) is 8.25. The maximum absolute atomic E-state index is 5.83. The summed E-state index contributed by atoms with van der Waals surface area (Å²) in [4.78, 5) is 16.1. The second kappa shape index (κ2) is 3.68. The third-order valence-corrected chi connectivity index (χ3v) is 4.06. The molecule has 2 heterocycles. The number of H-pyrrole nitrogens is 1. The Hall–Kier alpha value is -1.65. The summed E-state index contributed by atoms with van der Waals surface area (Å²) in [5, 5.41) is 0. The number of hydrogen-bond acceptors (Lipinski definition) is 4. The molecule has 5 nitrogen and oxygen atoms in total. The molecule has 0 unspecified atom stereocenters. The van der Waals surface area contributed by atoms with Gasteiger partial charge in [-0.25, -0.2) is 15.0 Å². The molecule has 0 radical (unpaired) electrons. The van der Waals surface area contributed by atoms with Gasteiger partial charge in [0, 0.05) is 5.41 Å². The van der Waals surface area contributed by atoms with E-state index in [4.69, 9.17) is 5.73 Å². The fourth-order valence-corrected chi connectivity index (χ4v) is 2.91. The topological polar surface area (TPSA) is 80.5 Å². The van der Waals surface area contributed by atoms with E-state index in [0.29, 0.717) is 11.5 Å². The molecular weight excluding hydrogens is 214 g/mol. The van der Waals surface area contributed by atoms with Crippen LogP contribution < -0.4 is 5.73 Å². The summed E-state index contributed by atoms with van der Waals surface area (Å²) >= 11 is 0. The minimum Gasteiger partial charge on any atom is -0.382 e. The Bertz CT molecular complexity index is 539. The minimum absolute atomic E-state index is 0.202. The largest absolute Gasteiger partial charge is 0.382 e. The highest BCUT2D eigenvalue weighted by Gasteiger charge is 2.36. The molecule has 1 aliphatic carbocycles. The van der Waals surface area contributed by atoms with Gasteiger partial charge in [-0.2, -0.15) is 0 Å². The van der Waals surface area contributed by atoms with Crippen LogP contribution in [0.15, 0.2) is 6.33 Å². The first-order valence-electron chi connectivity index (χ1n) is 6.22. The van der Waals surface area contributed by atoms with Crippen molar-refractivity contribution in [3.05, 3.63) is 12.2 Å². The van der Waals surface area contributed by atoms with E-state index in [1.807, 2.05) is 0 Å². The van der Waals surface area contributed by atoms with E-state index in [1.165, 1.54) is 32.0 Å². The molecule has 0 aromatic carbocycles. The Morgan fingerprint density at radius 2 is 2.12 bits per heavy atom. The molecule has 2 aromatic heterocycles. The maximum Gasteiger partial charge on any atom is 0.183 e. The van der Waals surface area contributed by atoms with Crippen molar-refractivity contribution in [3.63, 3.8) is 0 Å². The van der Waals surface area contributed by atoms with Gasteiger partial charge in [0.05, 0.1) is 0 Å². The van der Waals surface area contributed by atoms with Crippen LogP contribution in [-0.2, 0) is 5.41 Å². The summed E-state index contributed by atoms with van der Waals surface area (Å²) in [6, 6.07) is 0. The number of nitrogens with one attached hydrogen (secondary N) is 1. The molecule has 3 N–H and O–H groups in total. The molecule has 0 spiro atoms. The van der Waals surface area contributed by atoms with Crippen molar-refractivity contribution < 1.29 is 0 Å². The van der Waals surface area contributed by atoms with Crippen molar-refractivity contribution in [3.8, 4) is 0 Å². The van der Waals surface area contributed by atoms with Crippen molar-refractivity contribution in [2.24, 2.45) is 0 Å². The van der Waals surface area contributed by atoms with Crippen LogP contribution in [0.1, 0.15) is 44.9 Å². The van der Waals surface area contributed by atoms with Gasteiger partial charge in [0.2, 0.25) is 0 Å². The molecule has 1 fully saturated rings. The molecule has 90 valence electrons. The lowest BCUT2D eigenvalue weighted by atomic mass is 9.83. The van der Waals surface area contributed by atoms with Crippen LogP contribution in [-0.4, -0.2) is 19.9 Å². The summed E-state index contributed by atoms with van der Waals surface area (Å²) in [6.45, 7) is 2.23. The van der Waals surface area contributed by atoms with Crippen molar-refractivity contribution in [1.82, 2.24) is 19.9 Å². The van der Waals surface area contributed by atoms with Gasteiger partial charge < -0.3 is 10.7 Å². The summed E-state index contributed by atoms with van der Waals surface area (Å²) in [5.74, 6) is 1.53. The predicted octanol–water partition coefficient (Wildman–Crippen LogP) is 2.16. The summed E-state index contributed by atoms with van der Waals surface area (Å²) < 4.78 is 0. The number of rotatable bonds is 2. The summed E-state index contributed by atoms with van der Waals surface area (Å²) in [7, 11) is 0. The number of aromatic amines is 1. The molecule has 1 saturated carbocycles. The van der Waals surface area contributed by atoms with Crippen LogP contribution >= 0.6 is 0 Å². The van der Waals surface area contributed by atoms with Crippen LogP contribution in [0, 0.1) is 0 Å². The van der Waals surface area contributed by atoms with E-state index in [1.54, 1.807) is 0 Å². The lowest BCUT2D eigenvalue weighted by Crippen LogP contribution is -2.22. The first-order valence-corrected chi connectivity index (χ1v) is 6.22. The molecule has 1 aliphatic rings. The highest BCUT2D eigenvalue weighted by molar-refractivity contribution is 5.81. The molecule has 0 bridgehead atoms. The molecule has 0 aliphatic heterocycles. The smallest absolute Gasteiger partial charge is 0.183 e. The van der Waals surface area contributed by atoms with E-state index >= 15 is 0 Å². The number of anilines is 1. The van der Waals surface area contributed by atoms with Gasteiger partial charge in [-0.3, -0.25) is 0 Å². The number of nitrogens with two attached hydrogens (primary N) is 1. The number of hydrogen-bond donors (Lipinski definition) is 2. The molecule has 0 atom stereocenters. The van der Waals surface area contributed by atoms with Crippen LogP contribution in [0.2, 0.25) is 0 Å². The molecule has 2 aromatic rings. The van der Waals surface area contributed by atoms with E-state index in [2.05, 4.69) is 26.9 Å². The highest BCUT2D eigenvalue weighted by Crippen LogP contribution is 2.42. The summed E-state index contributed by atoms with van der Waals surface area (Å²) in [6.07, 6.45) is 7.56. The Morgan fingerprint density at radius 3 is 2.76 bits per heavy atom. The molecular formula is C12H17N5. The maximum atomic E-state index is 5.83. The average Bonchev–Trinajstić information content (AvgIpc) is 2.96. The Kier molecular flexibility index (Phi) is 2.28. The van der Waals surface area contributed by atoms with Gasteiger partial charge in [0.1, 0.15) is 17.7 Å². The fraction of sp³-hybridized carbons (Fsp3) is 0.583. The van der Waals surface area contributed by atoms with Crippen molar-refractivity contribution in [1.29, 1.82) is 0 Å². The van der Waals surface area contributed by atoms with Gasteiger partial charge >= 0.3 is 0 Å². The minimum atomic E-state index is 0.202. The SMILES string of the molecule is CCC1(c2nc3ncnc(N)c3[nH]2)CCCC1. The summed E-state index contributed by atoms with van der Waals surface area (Å²) in [5.41, 5.74) is 7.50. The monoisotopic (exact) mass is 231 g/mol. The third-order valence-electron chi connectivity index (χ3n) is 4.06. The van der Waals surface area contributed by atoms with Crippen molar-refractivity contribution >= 4 is 17.0 Å². The van der Waals surface area contributed by atoms with Crippen LogP contribution in [0.5, 0.6) is 0 Å². The molecule has 5 heteroatoms. The number of fused-ring (bicyclic) bond motifs is 1. The molecule has 3 rings (SSSR count). The van der Waals surface area contributed by atoms with Crippen LogP contribution in [0.3, 0.4) is 0 Å². The molecule has 0 amide bonds. The van der Waals surface area contributed by atoms with Crippen LogP contribution in [0.25, 0.3) is 11.2 Å². The number of nitrogens with zero attached hydrogens (tertiary/aromatic N) is 3. The fourth-order valence-electron chi connectivity index (χ4n) is 2.91. The van der Waals surface area contributed by atoms with Crippen LogP contribution in [0.4, 0.5) is 5.82 Å². The van der Waals surface area contributed by atoms with E-state index in [0.717, 1.165) is 17.8 Å². The predicted molar refractivity (Wildman–Crippen MR) is 66.5 cm³/mol.